The Morgan fingerprint density at radius 3 is 2.93 bits per heavy atom. The maximum absolute atomic E-state index is 12.3. The summed E-state index contributed by atoms with van der Waals surface area (Å²) in [5, 5.41) is 3.99. The summed E-state index contributed by atoms with van der Waals surface area (Å²) < 4.78 is 22.8. The van der Waals surface area contributed by atoms with Gasteiger partial charge in [-0.25, -0.2) is 5.43 Å². The monoisotopic (exact) mass is 446 g/mol. The summed E-state index contributed by atoms with van der Waals surface area (Å²) in [6.45, 7) is 4.10. The second-order valence-electron chi connectivity index (χ2n) is 5.73. The van der Waals surface area contributed by atoms with Crippen LogP contribution in [0.15, 0.2) is 58.6 Å². The van der Waals surface area contributed by atoms with Gasteiger partial charge in [0.2, 0.25) is 6.10 Å². The molecule has 0 unspecified atom stereocenters. The first-order chi connectivity index (χ1) is 13.6. The third-order valence-electron chi connectivity index (χ3n) is 3.79. The molecule has 0 aliphatic carbocycles. The lowest BCUT2D eigenvalue weighted by atomic mass is 10.2. The lowest BCUT2D eigenvalue weighted by Gasteiger charge is -2.24. The summed E-state index contributed by atoms with van der Waals surface area (Å²) >= 11 is 3.44. The van der Waals surface area contributed by atoms with Crippen LogP contribution in [0.1, 0.15) is 5.56 Å². The van der Waals surface area contributed by atoms with Gasteiger partial charge in [0.25, 0.3) is 5.91 Å². The summed E-state index contributed by atoms with van der Waals surface area (Å²) in [7, 11) is 1.55. The van der Waals surface area contributed by atoms with Gasteiger partial charge in [-0.2, -0.15) is 5.10 Å². The van der Waals surface area contributed by atoms with Crippen LogP contribution in [-0.2, 0) is 4.79 Å². The number of nitrogens with zero attached hydrogens (tertiary/aromatic N) is 1. The van der Waals surface area contributed by atoms with Crippen LogP contribution in [0.5, 0.6) is 23.0 Å². The number of methoxy groups -OCH3 is 1. The molecule has 1 atom stereocenters. The molecule has 1 N–H and O–H groups in total. The maximum Gasteiger partial charge on any atom is 0.284 e. The molecule has 1 aliphatic rings. The van der Waals surface area contributed by atoms with Crippen LogP contribution < -0.4 is 24.4 Å². The van der Waals surface area contributed by atoms with E-state index in [1.165, 1.54) is 6.21 Å². The minimum absolute atomic E-state index is 0.118. The Kier molecular flexibility index (Phi) is 6.54. The molecule has 1 heterocycles. The topological polar surface area (TPSA) is 78.4 Å². The van der Waals surface area contributed by atoms with Crippen molar-refractivity contribution in [2.45, 2.75) is 6.10 Å². The molecule has 0 aromatic heterocycles. The number of carbonyl (C=O) groups is 1. The molecule has 2 aromatic carbocycles. The highest BCUT2D eigenvalue weighted by atomic mass is 79.9. The van der Waals surface area contributed by atoms with Crippen LogP contribution in [0.4, 0.5) is 0 Å². The van der Waals surface area contributed by atoms with Crippen molar-refractivity contribution < 1.29 is 23.7 Å². The number of hydrogen-bond acceptors (Lipinski definition) is 6. The Morgan fingerprint density at radius 1 is 1.39 bits per heavy atom. The first kappa shape index (κ1) is 19.8. The number of fused-ring (bicyclic) bond motifs is 1. The molecule has 146 valence electrons. The van der Waals surface area contributed by atoms with Gasteiger partial charge in [-0.3, -0.25) is 4.79 Å². The molecule has 28 heavy (non-hydrogen) atoms. The molecule has 0 spiro atoms. The van der Waals surface area contributed by atoms with E-state index in [2.05, 4.69) is 33.0 Å². The number of ether oxygens (including phenoxy) is 4. The van der Waals surface area contributed by atoms with E-state index in [0.717, 1.165) is 0 Å². The molecular weight excluding hydrogens is 428 g/mol. The van der Waals surface area contributed by atoms with Crippen LogP contribution in [0, 0.1) is 0 Å². The van der Waals surface area contributed by atoms with Crippen molar-refractivity contribution >= 4 is 28.1 Å². The zero-order valence-electron chi connectivity index (χ0n) is 15.2. The fraction of sp³-hybridized carbons (Fsp3) is 0.200. The SMILES string of the molecule is C=CCOc1c(Br)cc(/C=N\NC(=O)[C@@H]2COc3ccccc3O2)cc1OC. The average Bonchev–Trinajstić information content (AvgIpc) is 2.72. The van der Waals surface area contributed by atoms with Crippen LogP contribution >= 0.6 is 15.9 Å². The van der Waals surface area contributed by atoms with Crippen molar-refractivity contribution in [3.05, 3.63) is 59.1 Å². The highest BCUT2D eigenvalue weighted by molar-refractivity contribution is 9.10. The normalized spacial score (nSPS) is 15.1. The largest absolute Gasteiger partial charge is 0.493 e. The predicted octanol–water partition coefficient (Wildman–Crippen LogP) is 3.31. The van der Waals surface area contributed by atoms with E-state index in [-0.39, 0.29) is 6.61 Å². The zero-order chi connectivity index (χ0) is 19.9. The Labute approximate surface area is 171 Å². The zero-order valence-corrected chi connectivity index (χ0v) is 16.8. The van der Waals surface area contributed by atoms with Gasteiger partial charge in [-0.1, -0.05) is 24.8 Å². The van der Waals surface area contributed by atoms with Crippen molar-refractivity contribution in [3.8, 4) is 23.0 Å². The minimum atomic E-state index is -0.775. The molecule has 2 aromatic rings. The second-order valence-corrected chi connectivity index (χ2v) is 6.59. The molecular formula is C20H19BrN2O5. The Balaban J connectivity index is 1.63. The van der Waals surface area contributed by atoms with Gasteiger partial charge in [0.05, 0.1) is 17.8 Å². The van der Waals surface area contributed by atoms with E-state index in [9.17, 15) is 4.79 Å². The summed E-state index contributed by atoms with van der Waals surface area (Å²) in [4.78, 5) is 12.3. The third kappa shape index (κ3) is 4.64. The van der Waals surface area contributed by atoms with Crippen molar-refractivity contribution in [1.29, 1.82) is 0 Å². The van der Waals surface area contributed by atoms with Crippen molar-refractivity contribution in [2.24, 2.45) is 5.10 Å². The van der Waals surface area contributed by atoms with E-state index in [4.69, 9.17) is 18.9 Å². The number of para-hydroxylation sites is 2. The van der Waals surface area contributed by atoms with Gasteiger partial charge in [-0.05, 0) is 45.8 Å². The van der Waals surface area contributed by atoms with E-state index < -0.39 is 12.0 Å². The van der Waals surface area contributed by atoms with Gasteiger partial charge in [0.1, 0.15) is 13.2 Å². The minimum Gasteiger partial charge on any atom is -0.493 e. The standard InChI is InChI=1S/C20H19BrN2O5/c1-3-8-26-19-14(21)9-13(10-17(19)25-2)11-22-23-20(24)18-12-27-15-6-4-5-7-16(15)28-18/h3-7,9-11,18H,1,8,12H2,2H3,(H,23,24)/b22-11-/t18-/m0/s1. The molecule has 0 radical (unpaired) electrons. The molecule has 1 amide bonds. The molecule has 8 heteroatoms. The lowest BCUT2D eigenvalue weighted by Crippen LogP contribution is -2.42. The van der Waals surface area contributed by atoms with Crippen LogP contribution in [0.25, 0.3) is 0 Å². The molecule has 0 saturated heterocycles. The molecule has 1 aliphatic heterocycles. The summed E-state index contributed by atoms with van der Waals surface area (Å²) in [5.74, 6) is 1.84. The predicted molar refractivity (Wildman–Crippen MR) is 108 cm³/mol. The van der Waals surface area contributed by atoms with E-state index >= 15 is 0 Å². The number of carbonyl (C=O) groups excluding carboxylic acids is 1. The number of rotatable bonds is 7. The van der Waals surface area contributed by atoms with Crippen LogP contribution in [0.3, 0.4) is 0 Å². The Bertz CT molecular complexity index is 900. The van der Waals surface area contributed by atoms with Crippen LogP contribution in [0.2, 0.25) is 0 Å². The van der Waals surface area contributed by atoms with Gasteiger partial charge in [-0.15, -0.1) is 0 Å². The Hall–Kier alpha value is -3.00. The van der Waals surface area contributed by atoms with E-state index in [0.29, 0.717) is 39.6 Å². The average molecular weight is 447 g/mol. The van der Waals surface area contributed by atoms with Crippen molar-refractivity contribution in [3.63, 3.8) is 0 Å². The lowest BCUT2D eigenvalue weighted by molar-refractivity contribution is -0.130. The van der Waals surface area contributed by atoms with E-state index in [1.54, 1.807) is 37.5 Å². The smallest absolute Gasteiger partial charge is 0.284 e. The number of amides is 1. The van der Waals surface area contributed by atoms with Crippen molar-refractivity contribution in [2.75, 3.05) is 20.3 Å². The molecule has 0 saturated carbocycles. The summed E-state index contributed by atoms with van der Waals surface area (Å²) in [6.07, 6.45) is 2.37. The molecule has 3 rings (SSSR count). The first-order valence-corrected chi connectivity index (χ1v) is 9.24. The van der Waals surface area contributed by atoms with Gasteiger partial charge in [0.15, 0.2) is 23.0 Å². The number of benzene rings is 2. The highest BCUT2D eigenvalue weighted by Crippen LogP contribution is 2.36. The third-order valence-corrected chi connectivity index (χ3v) is 4.38. The fourth-order valence-corrected chi connectivity index (χ4v) is 3.06. The quantitative estimate of drug-likeness (QED) is 0.401. The van der Waals surface area contributed by atoms with E-state index in [1.807, 2.05) is 12.1 Å². The van der Waals surface area contributed by atoms with Crippen molar-refractivity contribution in [1.82, 2.24) is 5.43 Å². The summed E-state index contributed by atoms with van der Waals surface area (Å²) in [6, 6.07) is 10.7. The number of hydrogen-bond donors (Lipinski definition) is 1. The molecule has 0 bridgehead atoms. The van der Waals surface area contributed by atoms with Gasteiger partial charge in [0, 0.05) is 0 Å². The number of halogens is 1. The number of nitrogens with one attached hydrogen (secondary N) is 1. The highest BCUT2D eigenvalue weighted by Gasteiger charge is 2.27. The van der Waals surface area contributed by atoms with Crippen LogP contribution in [-0.4, -0.2) is 38.5 Å². The molecule has 0 fully saturated rings. The summed E-state index contributed by atoms with van der Waals surface area (Å²) in [5.41, 5.74) is 3.17. The maximum atomic E-state index is 12.3. The Morgan fingerprint density at radius 2 is 2.18 bits per heavy atom. The van der Waals surface area contributed by atoms with Gasteiger partial charge < -0.3 is 18.9 Å². The first-order valence-electron chi connectivity index (χ1n) is 8.45. The second kappa shape index (κ2) is 9.27. The number of hydrazone groups is 1. The van der Waals surface area contributed by atoms with Gasteiger partial charge >= 0.3 is 0 Å². The molecule has 7 nitrogen and oxygen atoms in total. The fourth-order valence-electron chi connectivity index (χ4n) is 2.49.